The van der Waals surface area contributed by atoms with E-state index in [0.717, 1.165) is 33.3 Å². The van der Waals surface area contributed by atoms with Gasteiger partial charge in [0.15, 0.2) is 0 Å². The zero-order valence-corrected chi connectivity index (χ0v) is 16.7. The fourth-order valence-electron chi connectivity index (χ4n) is 4.14. The van der Waals surface area contributed by atoms with Crippen molar-refractivity contribution in [2.45, 2.75) is 19.5 Å². The molecule has 4 aromatic rings. The number of amides is 1. The molecular weight excluding hydrogens is 380 g/mol. The Kier molecular flexibility index (Phi) is 4.33. The maximum absolute atomic E-state index is 13.6. The predicted molar refractivity (Wildman–Crippen MR) is 117 cm³/mol. The number of aromatic nitrogens is 1. The number of fused-ring (bicyclic) bond motifs is 2. The lowest BCUT2D eigenvalue weighted by Crippen LogP contribution is -2.27. The Balaban J connectivity index is 1.71. The SMILES string of the molecule is C[C@H](c1ccccc1)N1Cc2nc3ccc(Cl)cc3c(-c3ccccc3)c2C1=O. The molecule has 1 amide bonds. The summed E-state index contributed by atoms with van der Waals surface area (Å²) in [6, 6.07) is 25.8. The highest BCUT2D eigenvalue weighted by molar-refractivity contribution is 6.31. The van der Waals surface area contributed by atoms with Crippen LogP contribution in [0.5, 0.6) is 0 Å². The van der Waals surface area contributed by atoms with Crippen molar-refractivity contribution < 1.29 is 4.79 Å². The van der Waals surface area contributed by atoms with Gasteiger partial charge in [-0.1, -0.05) is 72.3 Å². The molecule has 0 unspecified atom stereocenters. The maximum atomic E-state index is 13.6. The summed E-state index contributed by atoms with van der Waals surface area (Å²) in [7, 11) is 0. The van der Waals surface area contributed by atoms with Gasteiger partial charge in [0, 0.05) is 16.0 Å². The van der Waals surface area contributed by atoms with Gasteiger partial charge in [-0.3, -0.25) is 9.78 Å². The minimum atomic E-state index is -0.0341. The molecule has 0 bridgehead atoms. The normalized spacial score (nSPS) is 14.3. The van der Waals surface area contributed by atoms with E-state index in [0.29, 0.717) is 17.1 Å². The van der Waals surface area contributed by atoms with Crippen LogP contribution in [0.4, 0.5) is 0 Å². The summed E-state index contributed by atoms with van der Waals surface area (Å²) in [5, 5.41) is 1.54. The van der Waals surface area contributed by atoms with Crippen LogP contribution in [0.3, 0.4) is 0 Å². The molecule has 3 aromatic carbocycles. The van der Waals surface area contributed by atoms with Gasteiger partial charge in [-0.05, 0) is 36.2 Å². The zero-order chi connectivity index (χ0) is 20.0. The van der Waals surface area contributed by atoms with Gasteiger partial charge in [0.1, 0.15) is 0 Å². The first kappa shape index (κ1) is 17.9. The van der Waals surface area contributed by atoms with Crippen LogP contribution >= 0.6 is 11.6 Å². The topological polar surface area (TPSA) is 33.2 Å². The van der Waals surface area contributed by atoms with Crippen LogP contribution in [0, 0.1) is 0 Å². The second-order valence-corrected chi connectivity index (χ2v) is 7.79. The number of hydrogen-bond donors (Lipinski definition) is 0. The first-order chi connectivity index (χ1) is 14.1. The number of carbonyl (C=O) groups is 1. The highest BCUT2D eigenvalue weighted by atomic mass is 35.5. The number of benzene rings is 3. The molecule has 1 atom stereocenters. The molecule has 4 heteroatoms. The summed E-state index contributed by atoms with van der Waals surface area (Å²) in [5.41, 5.74) is 5.40. The molecule has 29 heavy (non-hydrogen) atoms. The predicted octanol–water partition coefficient (Wildman–Crippen LogP) is 6.27. The highest BCUT2D eigenvalue weighted by Gasteiger charge is 2.36. The van der Waals surface area contributed by atoms with Crippen molar-refractivity contribution in [3.63, 3.8) is 0 Å². The van der Waals surface area contributed by atoms with E-state index in [1.54, 1.807) is 0 Å². The molecule has 0 radical (unpaired) electrons. The smallest absolute Gasteiger partial charge is 0.257 e. The maximum Gasteiger partial charge on any atom is 0.257 e. The van der Waals surface area contributed by atoms with Gasteiger partial charge in [-0.25, -0.2) is 0 Å². The van der Waals surface area contributed by atoms with Gasteiger partial charge >= 0.3 is 0 Å². The molecule has 3 nitrogen and oxygen atoms in total. The standard InChI is InChI=1S/C25H19ClN2O/c1-16(17-8-4-2-5-9-17)28-15-22-24(25(28)29)23(18-10-6-3-7-11-18)20-14-19(26)12-13-21(20)27-22/h2-14,16H,15H2,1H3/t16-/m1/s1. The molecule has 1 aliphatic heterocycles. The largest absolute Gasteiger partial charge is 0.326 e. The number of nitrogens with zero attached hydrogens (tertiary/aromatic N) is 2. The first-order valence-electron chi connectivity index (χ1n) is 9.67. The van der Waals surface area contributed by atoms with Gasteiger partial charge in [-0.2, -0.15) is 0 Å². The summed E-state index contributed by atoms with van der Waals surface area (Å²) in [6.07, 6.45) is 0. The number of carbonyl (C=O) groups excluding carboxylic acids is 1. The van der Waals surface area contributed by atoms with Crippen molar-refractivity contribution in [1.82, 2.24) is 9.88 Å². The molecule has 0 saturated carbocycles. The molecule has 5 rings (SSSR count). The number of pyridine rings is 1. The lowest BCUT2D eigenvalue weighted by Gasteiger charge is -2.24. The van der Waals surface area contributed by atoms with E-state index in [1.165, 1.54) is 0 Å². The van der Waals surface area contributed by atoms with Crippen molar-refractivity contribution in [3.05, 3.63) is 101 Å². The van der Waals surface area contributed by atoms with Gasteiger partial charge in [0.2, 0.25) is 0 Å². The summed E-state index contributed by atoms with van der Waals surface area (Å²) in [6.45, 7) is 2.57. The van der Waals surface area contributed by atoms with Crippen LogP contribution in [-0.4, -0.2) is 15.8 Å². The van der Waals surface area contributed by atoms with Crippen molar-refractivity contribution in [2.75, 3.05) is 0 Å². The van der Waals surface area contributed by atoms with Crippen molar-refractivity contribution >= 4 is 28.4 Å². The molecule has 0 aliphatic carbocycles. The van der Waals surface area contributed by atoms with Crippen LogP contribution < -0.4 is 0 Å². The third kappa shape index (κ3) is 2.99. The van der Waals surface area contributed by atoms with Gasteiger partial charge in [0.05, 0.1) is 29.4 Å². The Morgan fingerprint density at radius 1 is 0.931 bits per heavy atom. The van der Waals surface area contributed by atoms with E-state index in [-0.39, 0.29) is 11.9 Å². The Morgan fingerprint density at radius 3 is 2.34 bits per heavy atom. The molecule has 2 heterocycles. The fourth-order valence-corrected chi connectivity index (χ4v) is 4.31. The van der Waals surface area contributed by atoms with E-state index >= 15 is 0 Å². The Labute approximate surface area is 174 Å². The lowest BCUT2D eigenvalue weighted by molar-refractivity contribution is 0.0716. The van der Waals surface area contributed by atoms with Crippen molar-refractivity contribution in [3.8, 4) is 11.1 Å². The molecule has 142 valence electrons. The van der Waals surface area contributed by atoms with Crippen LogP contribution in [0.15, 0.2) is 78.9 Å². The van der Waals surface area contributed by atoms with E-state index in [1.807, 2.05) is 71.6 Å². The highest BCUT2D eigenvalue weighted by Crippen LogP contribution is 2.40. The van der Waals surface area contributed by atoms with Crippen molar-refractivity contribution in [1.29, 1.82) is 0 Å². The molecule has 1 aromatic heterocycles. The number of halogens is 1. The molecule has 0 fully saturated rings. The molecule has 0 saturated heterocycles. The van der Waals surface area contributed by atoms with Crippen LogP contribution in [0.25, 0.3) is 22.0 Å². The minimum absolute atomic E-state index is 0.0181. The Hall–Kier alpha value is -3.17. The summed E-state index contributed by atoms with van der Waals surface area (Å²) in [4.78, 5) is 20.3. The average Bonchev–Trinajstić information content (AvgIpc) is 3.09. The fraction of sp³-hybridized carbons (Fsp3) is 0.120. The van der Waals surface area contributed by atoms with Crippen LogP contribution in [0.1, 0.15) is 34.6 Å². The Bertz CT molecular complexity index is 1220. The van der Waals surface area contributed by atoms with E-state index in [9.17, 15) is 4.79 Å². The monoisotopic (exact) mass is 398 g/mol. The molecule has 0 spiro atoms. The van der Waals surface area contributed by atoms with Gasteiger partial charge in [-0.15, -0.1) is 0 Å². The average molecular weight is 399 g/mol. The third-order valence-electron chi connectivity index (χ3n) is 5.63. The lowest BCUT2D eigenvalue weighted by atomic mass is 9.95. The quantitative estimate of drug-likeness (QED) is 0.407. The summed E-state index contributed by atoms with van der Waals surface area (Å²) >= 11 is 6.30. The van der Waals surface area contributed by atoms with Gasteiger partial charge < -0.3 is 4.90 Å². The Morgan fingerprint density at radius 2 is 1.62 bits per heavy atom. The first-order valence-corrected chi connectivity index (χ1v) is 10.0. The summed E-state index contributed by atoms with van der Waals surface area (Å²) in [5.74, 6) is 0.0181. The van der Waals surface area contributed by atoms with E-state index < -0.39 is 0 Å². The summed E-state index contributed by atoms with van der Waals surface area (Å²) < 4.78 is 0. The zero-order valence-electron chi connectivity index (χ0n) is 16.0. The molecule has 0 N–H and O–H groups in total. The second kappa shape index (κ2) is 7.02. The molecule has 1 aliphatic rings. The van der Waals surface area contributed by atoms with E-state index in [2.05, 4.69) is 19.1 Å². The number of rotatable bonds is 3. The molecular formula is C25H19ClN2O. The second-order valence-electron chi connectivity index (χ2n) is 7.36. The third-order valence-corrected chi connectivity index (χ3v) is 5.86. The van der Waals surface area contributed by atoms with Gasteiger partial charge in [0.25, 0.3) is 5.91 Å². The van der Waals surface area contributed by atoms with E-state index in [4.69, 9.17) is 16.6 Å². The number of hydrogen-bond acceptors (Lipinski definition) is 2. The van der Waals surface area contributed by atoms with Crippen LogP contribution in [-0.2, 0) is 6.54 Å². The van der Waals surface area contributed by atoms with Crippen molar-refractivity contribution in [2.24, 2.45) is 0 Å². The van der Waals surface area contributed by atoms with Crippen LogP contribution in [0.2, 0.25) is 5.02 Å². The minimum Gasteiger partial charge on any atom is -0.326 e.